The van der Waals surface area contributed by atoms with Crippen molar-refractivity contribution in [2.75, 3.05) is 37.6 Å². The molecule has 4 heteroatoms. The van der Waals surface area contributed by atoms with Gasteiger partial charge in [0, 0.05) is 38.1 Å². The first-order valence-electron chi connectivity index (χ1n) is 8.76. The van der Waals surface area contributed by atoms with Gasteiger partial charge in [0.15, 0.2) is 5.75 Å². The van der Waals surface area contributed by atoms with E-state index in [1.165, 1.54) is 18.7 Å². The quantitative estimate of drug-likeness (QED) is 0.728. The molecule has 2 aliphatic rings. The first kappa shape index (κ1) is 15.2. The van der Waals surface area contributed by atoms with Crippen LogP contribution in [0, 0.1) is 0 Å². The molecular weight excluding hydrogens is 298 g/mol. The van der Waals surface area contributed by atoms with E-state index in [0.717, 1.165) is 48.9 Å². The van der Waals surface area contributed by atoms with Gasteiger partial charge in [0.2, 0.25) is 0 Å². The molecule has 2 aliphatic heterocycles. The SMILES string of the molecule is CCCN1CCN(c2cccc3c2C=Nc2ccccc2O3)CC1. The van der Waals surface area contributed by atoms with Gasteiger partial charge < -0.3 is 9.64 Å². The average molecular weight is 321 g/mol. The third kappa shape index (κ3) is 2.89. The van der Waals surface area contributed by atoms with E-state index >= 15 is 0 Å². The molecule has 0 radical (unpaired) electrons. The average Bonchev–Trinajstić information content (AvgIpc) is 2.82. The van der Waals surface area contributed by atoms with Crippen LogP contribution in [0.1, 0.15) is 18.9 Å². The summed E-state index contributed by atoms with van der Waals surface area (Å²) in [4.78, 5) is 9.64. The van der Waals surface area contributed by atoms with Gasteiger partial charge in [0.05, 0.1) is 5.56 Å². The Hall–Kier alpha value is -2.33. The van der Waals surface area contributed by atoms with Crippen molar-refractivity contribution in [1.82, 2.24) is 4.90 Å². The van der Waals surface area contributed by atoms with Crippen LogP contribution in [0.4, 0.5) is 11.4 Å². The van der Waals surface area contributed by atoms with Crippen molar-refractivity contribution in [2.24, 2.45) is 4.99 Å². The number of nitrogens with zero attached hydrogens (tertiary/aromatic N) is 3. The van der Waals surface area contributed by atoms with E-state index in [-0.39, 0.29) is 0 Å². The number of benzene rings is 2. The largest absolute Gasteiger partial charge is 0.454 e. The van der Waals surface area contributed by atoms with Crippen molar-refractivity contribution in [3.8, 4) is 11.5 Å². The van der Waals surface area contributed by atoms with Gasteiger partial charge in [-0.2, -0.15) is 0 Å². The van der Waals surface area contributed by atoms with Gasteiger partial charge in [-0.15, -0.1) is 0 Å². The Balaban J connectivity index is 1.62. The summed E-state index contributed by atoms with van der Waals surface area (Å²) < 4.78 is 6.13. The van der Waals surface area contributed by atoms with Crippen LogP contribution in [0.15, 0.2) is 47.5 Å². The molecule has 0 amide bonds. The van der Waals surface area contributed by atoms with E-state index in [0.29, 0.717) is 0 Å². The Labute approximate surface area is 143 Å². The molecule has 0 aliphatic carbocycles. The second kappa shape index (κ2) is 6.65. The van der Waals surface area contributed by atoms with E-state index < -0.39 is 0 Å². The second-order valence-corrected chi connectivity index (χ2v) is 6.35. The molecule has 1 fully saturated rings. The van der Waals surface area contributed by atoms with Crippen LogP contribution >= 0.6 is 0 Å². The molecule has 1 saturated heterocycles. The number of aliphatic imine (C=N–C) groups is 1. The number of hydrogen-bond donors (Lipinski definition) is 0. The number of para-hydroxylation sites is 2. The molecular formula is C20H23N3O. The van der Waals surface area contributed by atoms with Crippen LogP contribution in [0.2, 0.25) is 0 Å². The molecule has 2 aromatic carbocycles. The van der Waals surface area contributed by atoms with Crippen LogP contribution in [-0.2, 0) is 0 Å². The molecule has 4 nitrogen and oxygen atoms in total. The molecule has 0 N–H and O–H groups in total. The normalized spacial score (nSPS) is 17.0. The first-order chi connectivity index (χ1) is 11.8. The standard InChI is InChI=1S/C20H23N3O/c1-2-10-22-11-13-23(14-12-22)18-7-5-9-19-16(18)15-21-17-6-3-4-8-20(17)24-19/h3-9,15H,2,10-14H2,1H3. The molecule has 0 aromatic heterocycles. The number of anilines is 1. The fraction of sp³-hybridized carbons (Fsp3) is 0.350. The predicted octanol–water partition coefficient (Wildman–Crippen LogP) is 4.07. The first-order valence-corrected chi connectivity index (χ1v) is 8.76. The van der Waals surface area contributed by atoms with E-state index in [4.69, 9.17) is 4.74 Å². The Morgan fingerprint density at radius 1 is 0.958 bits per heavy atom. The summed E-state index contributed by atoms with van der Waals surface area (Å²) >= 11 is 0. The van der Waals surface area contributed by atoms with E-state index in [1.807, 2.05) is 36.5 Å². The van der Waals surface area contributed by atoms with Gasteiger partial charge in [0.25, 0.3) is 0 Å². The van der Waals surface area contributed by atoms with Crippen molar-refractivity contribution in [2.45, 2.75) is 13.3 Å². The zero-order valence-corrected chi connectivity index (χ0v) is 14.1. The molecule has 0 bridgehead atoms. The van der Waals surface area contributed by atoms with Crippen molar-refractivity contribution in [1.29, 1.82) is 0 Å². The molecule has 0 unspecified atom stereocenters. The minimum absolute atomic E-state index is 0.817. The molecule has 0 saturated carbocycles. The summed E-state index contributed by atoms with van der Waals surface area (Å²) in [6.45, 7) is 7.79. The van der Waals surface area contributed by atoms with Gasteiger partial charge in [0.1, 0.15) is 11.4 Å². The van der Waals surface area contributed by atoms with Crippen molar-refractivity contribution in [3.05, 3.63) is 48.0 Å². The summed E-state index contributed by atoms with van der Waals surface area (Å²) in [5.74, 6) is 1.70. The van der Waals surface area contributed by atoms with Gasteiger partial charge in [-0.25, -0.2) is 0 Å². The van der Waals surface area contributed by atoms with E-state index in [2.05, 4.69) is 33.8 Å². The van der Waals surface area contributed by atoms with Gasteiger partial charge in [-0.1, -0.05) is 25.1 Å². The Bertz CT molecular complexity index is 748. The number of hydrogen-bond acceptors (Lipinski definition) is 4. The minimum atomic E-state index is 0.817. The highest BCUT2D eigenvalue weighted by molar-refractivity contribution is 5.94. The molecule has 4 rings (SSSR count). The summed E-state index contributed by atoms with van der Waals surface area (Å²) in [7, 11) is 0. The Morgan fingerprint density at radius 3 is 2.58 bits per heavy atom. The number of piperazine rings is 1. The highest BCUT2D eigenvalue weighted by Crippen LogP contribution is 2.38. The highest BCUT2D eigenvalue weighted by atomic mass is 16.5. The fourth-order valence-electron chi connectivity index (χ4n) is 3.46. The van der Waals surface area contributed by atoms with Crippen LogP contribution in [0.25, 0.3) is 0 Å². The second-order valence-electron chi connectivity index (χ2n) is 6.35. The van der Waals surface area contributed by atoms with Crippen LogP contribution in [0.5, 0.6) is 11.5 Å². The maximum absolute atomic E-state index is 6.13. The molecule has 2 aromatic rings. The summed E-state index contributed by atoms with van der Waals surface area (Å²) in [5.41, 5.74) is 3.19. The fourth-order valence-corrected chi connectivity index (χ4v) is 3.46. The van der Waals surface area contributed by atoms with Crippen LogP contribution in [-0.4, -0.2) is 43.8 Å². The molecule has 2 heterocycles. The van der Waals surface area contributed by atoms with Crippen molar-refractivity contribution >= 4 is 17.6 Å². The topological polar surface area (TPSA) is 28.1 Å². The summed E-state index contributed by atoms with van der Waals surface area (Å²) in [5, 5.41) is 0. The van der Waals surface area contributed by atoms with Crippen LogP contribution < -0.4 is 9.64 Å². The lowest BCUT2D eigenvalue weighted by atomic mass is 10.1. The van der Waals surface area contributed by atoms with Gasteiger partial charge >= 0.3 is 0 Å². The third-order valence-electron chi connectivity index (χ3n) is 4.71. The van der Waals surface area contributed by atoms with Gasteiger partial charge in [-0.3, -0.25) is 9.89 Å². The lowest BCUT2D eigenvalue weighted by Crippen LogP contribution is -2.46. The van der Waals surface area contributed by atoms with E-state index in [1.54, 1.807) is 0 Å². The monoisotopic (exact) mass is 321 g/mol. The lowest BCUT2D eigenvalue weighted by molar-refractivity contribution is 0.258. The maximum Gasteiger partial charge on any atom is 0.153 e. The third-order valence-corrected chi connectivity index (χ3v) is 4.71. The van der Waals surface area contributed by atoms with Crippen LogP contribution in [0.3, 0.4) is 0 Å². The number of rotatable bonds is 3. The maximum atomic E-state index is 6.13. The van der Waals surface area contributed by atoms with E-state index in [9.17, 15) is 0 Å². The zero-order valence-electron chi connectivity index (χ0n) is 14.1. The lowest BCUT2D eigenvalue weighted by Gasteiger charge is -2.36. The smallest absolute Gasteiger partial charge is 0.153 e. The Morgan fingerprint density at radius 2 is 1.75 bits per heavy atom. The zero-order chi connectivity index (χ0) is 16.4. The number of ether oxygens (including phenoxy) is 1. The highest BCUT2D eigenvalue weighted by Gasteiger charge is 2.21. The molecule has 124 valence electrons. The molecule has 0 atom stereocenters. The Kier molecular flexibility index (Phi) is 4.22. The summed E-state index contributed by atoms with van der Waals surface area (Å²) in [6.07, 6.45) is 3.18. The summed E-state index contributed by atoms with van der Waals surface area (Å²) in [6, 6.07) is 14.2. The van der Waals surface area contributed by atoms with Gasteiger partial charge in [-0.05, 0) is 37.2 Å². The molecule has 0 spiro atoms. The van der Waals surface area contributed by atoms with Crippen molar-refractivity contribution < 1.29 is 4.74 Å². The predicted molar refractivity (Wildman–Crippen MR) is 99.2 cm³/mol. The van der Waals surface area contributed by atoms with Crippen molar-refractivity contribution in [3.63, 3.8) is 0 Å². The number of fused-ring (bicyclic) bond motifs is 2. The molecule has 24 heavy (non-hydrogen) atoms. The minimum Gasteiger partial charge on any atom is -0.454 e.